The Bertz CT molecular complexity index is 1500. The third-order valence-corrected chi connectivity index (χ3v) is 7.34. The number of aryl methyl sites for hydroxylation is 2. The number of nitrogens with zero attached hydrogens (tertiary/aromatic N) is 2. The molecule has 0 aliphatic heterocycles. The van der Waals surface area contributed by atoms with Crippen LogP contribution in [0, 0.1) is 13.8 Å². The highest BCUT2D eigenvalue weighted by Crippen LogP contribution is 2.33. The van der Waals surface area contributed by atoms with Crippen LogP contribution >= 0.6 is 46.4 Å². The molecule has 0 amide bonds. The van der Waals surface area contributed by atoms with Crippen LogP contribution in [0.2, 0.25) is 0 Å². The molecule has 0 unspecified atom stereocenters. The van der Waals surface area contributed by atoms with Crippen molar-refractivity contribution in [3.8, 4) is 11.5 Å². The second kappa shape index (κ2) is 12.6. The Morgan fingerprint density at radius 1 is 0.615 bits per heavy atom. The Hall–Kier alpha value is -3.48. The lowest BCUT2D eigenvalue weighted by molar-refractivity contribution is 0.103. The molecule has 0 saturated carbocycles. The first-order valence-electron chi connectivity index (χ1n) is 11.6. The van der Waals surface area contributed by atoms with E-state index in [-0.39, 0.29) is 20.1 Å². The fourth-order valence-corrected chi connectivity index (χ4v) is 4.40. The Balaban J connectivity index is 1.53. The summed E-state index contributed by atoms with van der Waals surface area (Å²) in [5.74, 6) is 0.187. The number of aromatic nitrogens is 2. The summed E-state index contributed by atoms with van der Waals surface area (Å²) in [5.41, 5.74) is 2.91. The van der Waals surface area contributed by atoms with Crippen molar-refractivity contribution in [1.82, 2.24) is 9.97 Å². The summed E-state index contributed by atoms with van der Waals surface area (Å²) in [4.78, 5) is 34.1. The van der Waals surface area contributed by atoms with Crippen LogP contribution in [0.15, 0.2) is 95.3 Å². The Labute approximate surface area is 245 Å². The molecule has 0 saturated heterocycles. The number of benzene rings is 2. The van der Waals surface area contributed by atoms with Crippen LogP contribution in [0.3, 0.4) is 0 Å². The highest BCUT2D eigenvalue weighted by atomic mass is 35.5. The smallest absolute Gasteiger partial charge is 0.205 e. The summed E-state index contributed by atoms with van der Waals surface area (Å²) in [6, 6.07) is 20.2. The van der Waals surface area contributed by atoms with Crippen LogP contribution in [0.25, 0.3) is 10.1 Å². The van der Waals surface area contributed by atoms with Crippen molar-refractivity contribution >= 4 is 68.0 Å². The SMILES string of the molecule is Cc1cc(C(=O)/C(Cl)=C(\Cl)c2ccccn2)ccc1Oc1ccc(C(=O)/C(Cl)=C(\Cl)c2ccccn2)cc1C. The monoisotopic (exact) mass is 596 g/mol. The molecule has 0 bridgehead atoms. The van der Waals surface area contributed by atoms with Crippen molar-refractivity contribution in [2.45, 2.75) is 13.8 Å². The molecule has 4 aromatic rings. The molecule has 0 atom stereocenters. The first-order chi connectivity index (χ1) is 18.7. The molecule has 39 heavy (non-hydrogen) atoms. The lowest BCUT2D eigenvalue weighted by atomic mass is 10.0. The van der Waals surface area contributed by atoms with Crippen LogP contribution in [-0.2, 0) is 0 Å². The van der Waals surface area contributed by atoms with E-state index < -0.39 is 11.6 Å². The molecule has 5 nitrogen and oxygen atoms in total. The molecule has 4 rings (SSSR count). The first kappa shape index (κ1) is 28.5. The van der Waals surface area contributed by atoms with Gasteiger partial charge in [0, 0.05) is 23.5 Å². The van der Waals surface area contributed by atoms with Gasteiger partial charge in [-0.15, -0.1) is 0 Å². The van der Waals surface area contributed by atoms with Gasteiger partial charge in [-0.05, 0) is 85.6 Å². The standard InChI is InChI=1S/C30H20Cl4N2O3/c1-17-15-19(29(37)27(33)25(31)21-7-3-5-13-35-21)9-11-23(17)39-24-12-10-20(16-18(24)2)30(38)28(34)26(32)22-8-4-6-14-36-22/h3-16H,1-2H3/b27-25+,28-26+. The minimum atomic E-state index is -0.435. The molecular weight excluding hydrogens is 578 g/mol. The van der Waals surface area contributed by atoms with Crippen molar-refractivity contribution in [1.29, 1.82) is 0 Å². The van der Waals surface area contributed by atoms with Crippen molar-refractivity contribution in [3.63, 3.8) is 0 Å². The van der Waals surface area contributed by atoms with E-state index in [1.807, 2.05) is 13.8 Å². The van der Waals surface area contributed by atoms with Crippen LogP contribution < -0.4 is 4.74 Å². The quantitative estimate of drug-likeness (QED) is 0.150. The van der Waals surface area contributed by atoms with Gasteiger partial charge < -0.3 is 4.74 Å². The van der Waals surface area contributed by atoms with E-state index in [1.165, 1.54) is 0 Å². The molecule has 196 valence electrons. The summed E-state index contributed by atoms with van der Waals surface area (Å²) in [6.07, 6.45) is 3.13. The minimum absolute atomic E-state index is 0.0711. The topological polar surface area (TPSA) is 69.2 Å². The first-order valence-corrected chi connectivity index (χ1v) is 13.1. The van der Waals surface area contributed by atoms with Crippen LogP contribution in [0.4, 0.5) is 0 Å². The van der Waals surface area contributed by atoms with Gasteiger partial charge in [0.05, 0.1) is 21.5 Å². The number of ketones is 2. The molecule has 0 radical (unpaired) electrons. The summed E-state index contributed by atoms with van der Waals surface area (Å²) in [6.45, 7) is 3.61. The molecule has 0 spiro atoms. The van der Waals surface area contributed by atoms with Crippen molar-refractivity contribution in [3.05, 3.63) is 129 Å². The lowest BCUT2D eigenvalue weighted by Crippen LogP contribution is -2.03. The number of rotatable bonds is 8. The summed E-state index contributed by atoms with van der Waals surface area (Å²) >= 11 is 25.2. The number of carbonyl (C=O) groups is 2. The maximum Gasteiger partial charge on any atom is 0.205 e. The van der Waals surface area contributed by atoms with Gasteiger partial charge in [-0.25, -0.2) is 0 Å². The van der Waals surface area contributed by atoms with E-state index in [0.29, 0.717) is 45.1 Å². The molecule has 2 heterocycles. The maximum atomic E-state index is 12.9. The highest BCUT2D eigenvalue weighted by Gasteiger charge is 2.19. The Morgan fingerprint density at radius 3 is 1.36 bits per heavy atom. The summed E-state index contributed by atoms with van der Waals surface area (Å²) < 4.78 is 6.08. The van der Waals surface area contributed by atoms with Gasteiger partial charge in [-0.2, -0.15) is 0 Å². The average molecular weight is 598 g/mol. The normalized spacial score (nSPS) is 12.4. The largest absolute Gasteiger partial charge is 0.457 e. The molecule has 0 aliphatic carbocycles. The van der Waals surface area contributed by atoms with Gasteiger partial charge in [0.2, 0.25) is 11.6 Å². The number of allylic oxidation sites excluding steroid dienone is 2. The van der Waals surface area contributed by atoms with E-state index in [2.05, 4.69) is 9.97 Å². The Morgan fingerprint density at radius 2 is 1.03 bits per heavy atom. The zero-order valence-electron chi connectivity index (χ0n) is 20.7. The predicted molar refractivity (Wildman–Crippen MR) is 157 cm³/mol. The molecule has 0 N–H and O–H groups in total. The fraction of sp³-hybridized carbons (Fsp3) is 0.0667. The number of carbonyl (C=O) groups excluding carboxylic acids is 2. The van der Waals surface area contributed by atoms with Gasteiger partial charge in [0.25, 0.3) is 0 Å². The number of hydrogen-bond acceptors (Lipinski definition) is 5. The van der Waals surface area contributed by atoms with Crippen molar-refractivity contribution in [2.75, 3.05) is 0 Å². The fourth-order valence-electron chi connectivity index (χ4n) is 3.59. The van der Waals surface area contributed by atoms with Gasteiger partial charge >= 0.3 is 0 Å². The van der Waals surface area contributed by atoms with Crippen LogP contribution in [-0.4, -0.2) is 21.5 Å². The number of hydrogen-bond donors (Lipinski definition) is 0. The molecule has 9 heteroatoms. The zero-order chi connectivity index (χ0) is 28.1. The van der Waals surface area contributed by atoms with Gasteiger partial charge in [-0.3, -0.25) is 19.6 Å². The number of pyridine rings is 2. The summed E-state index contributed by atoms with van der Waals surface area (Å²) in [7, 11) is 0. The highest BCUT2D eigenvalue weighted by molar-refractivity contribution is 6.61. The molecule has 2 aromatic heterocycles. The molecular formula is C30H20Cl4N2O3. The van der Waals surface area contributed by atoms with Gasteiger partial charge in [0.1, 0.15) is 21.6 Å². The third-order valence-electron chi connectivity index (χ3n) is 5.66. The van der Waals surface area contributed by atoms with E-state index in [4.69, 9.17) is 51.1 Å². The Kier molecular flexibility index (Phi) is 9.20. The number of halogens is 4. The zero-order valence-corrected chi connectivity index (χ0v) is 23.7. The third kappa shape index (κ3) is 6.57. The summed E-state index contributed by atoms with van der Waals surface area (Å²) in [5, 5.41) is -0.116. The van der Waals surface area contributed by atoms with E-state index in [0.717, 1.165) is 0 Å². The lowest BCUT2D eigenvalue weighted by Gasteiger charge is -2.13. The molecule has 2 aromatic carbocycles. The average Bonchev–Trinajstić information content (AvgIpc) is 2.97. The van der Waals surface area contributed by atoms with Crippen molar-refractivity contribution < 1.29 is 14.3 Å². The van der Waals surface area contributed by atoms with Crippen LogP contribution in [0.1, 0.15) is 43.2 Å². The molecule has 0 fully saturated rings. The van der Waals surface area contributed by atoms with E-state index >= 15 is 0 Å². The van der Waals surface area contributed by atoms with Gasteiger partial charge in [-0.1, -0.05) is 58.5 Å². The second-order valence-corrected chi connectivity index (χ2v) is 9.92. The predicted octanol–water partition coefficient (Wildman–Crippen LogP) is 8.94. The van der Waals surface area contributed by atoms with E-state index in [9.17, 15) is 9.59 Å². The van der Waals surface area contributed by atoms with Crippen LogP contribution in [0.5, 0.6) is 11.5 Å². The van der Waals surface area contributed by atoms with E-state index in [1.54, 1.807) is 85.2 Å². The number of Topliss-reactive ketones (excluding diaryl/α,β-unsaturated/α-hetero) is 2. The van der Waals surface area contributed by atoms with Crippen molar-refractivity contribution in [2.24, 2.45) is 0 Å². The maximum absolute atomic E-state index is 12.9. The minimum Gasteiger partial charge on any atom is -0.457 e. The number of ether oxygens (including phenoxy) is 1. The second-order valence-electron chi connectivity index (χ2n) is 8.41. The molecule has 0 aliphatic rings. The van der Waals surface area contributed by atoms with Gasteiger partial charge in [0.15, 0.2) is 0 Å².